The van der Waals surface area contributed by atoms with Crippen LogP contribution in [0.15, 0.2) is 48.5 Å². The molecule has 10 nitrogen and oxygen atoms in total. The fourth-order valence-corrected chi connectivity index (χ4v) is 4.55. The van der Waals surface area contributed by atoms with E-state index in [9.17, 15) is 14.4 Å². The highest BCUT2D eigenvalue weighted by Gasteiger charge is 2.27. The van der Waals surface area contributed by atoms with Crippen LogP contribution in [0.3, 0.4) is 0 Å². The maximum Gasteiger partial charge on any atom is 0.253 e. The minimum Gasteiger partial charge on any atom is -0.338 e. The molecule has 3 rings (SSSR count). The molecule has 0 fully saturated rings. The van der Waals surface area contributed by atoms with Crippen LogP contribution in [0, 0.1) is 11.8 Å². The molecule has 0 aliphatic rings. The Balaban J connectivity index is 1.69. The van der Waals surface area contributed by atoms with Crippen molar-refractivity contribution in [2.24, 2.45) is 11.8 Å². The Labute approximate surface area is 229 Å². The van der Waals surface area contributed by atoms with E-state index >= 15 is 0 Å². The molecule has 3 N–H and O–H groups in total. The van der Waals surface area contributed by atoms with Gasteiger partial charge in [-0.3, -0.25) is 19.6 Å². The zero-order chi connectivity index (χ0) is 28.2. The van der Waals surface area contributed by atoms with Gasteiger partial charge in [0, 0.05) is 31.5 Å². The number of amides is 2. The number of hydrogen-bond donors (Lipinski definition) is 3. The Hall–Kier alpha value is -3.92. The number of hydroxylamine groups is 1. The zero-order valence-electron chi connectivity index (χ0n) is 22.9. The molecular formula is C29H38N6O4. The number of H-pyrrole nitrogens is 1. The Bertz CT molecular complexity index is 1210. The largest absolute Gasteiger partial charge is 0.338 e. The monoisotopic (exact) mass is 534 g/mol. The summed E-state index contributed by atoms with van der Waals surface area (Å²) in [7, 11) is 0. The van der Waals surface area contributed by atoms with Crippen LogP contribution in [0.25, 0.3) is 22.5 Å². The molecule has 0 aliphatic heterocycles. The first-order chi connectivity index (χ1) is 18.8. The fourth-order valence-electron chi connectivity index (χ4n) is 4.55. The predicted molar refractivity (Wildman–Crippen MR) is 147 cm³/mol. The van der Waals surface area contributed by atoms with E-state index in [1.165, 1.54) is 0 Å². The lowest BCUT2D eigenvalue weighted by atomic mass is 9.90. The van der Waals surface area contributed by atoms with Crippen LogP contribution < -0.4 is 5.48 Å². The molecule has 0 spiro atoms. The Morgan fingerprint density at radius 2 is 1.72 bits per heavy atom. The summed E-state index contributed by atoms with van der Waals surface area (Å²) in [6, 6.07) is 15.8. The molecule has 0 saturated carbocycles. The number of nitrogens with zero attached hydrogens (tertiary/aromatic N) is 4. The topological polar surface area (TPSA) is 141 Å². The number of unbranched alkanes of at least 4 members (excludes halogenated alkanes) is 1. The van der Waals surface area contributed by atoms with Gasteiger partial charge in [0.1, 0.15) is 5.78 Å². The van der Waals surface area contributed by atoms with Gasteiger partial charge in [-0.25, -0.2) is 5.48 Å². The van der Waals surface area contributed by atoms with Crippen LogP contribution in [0.4, 0.5) is 0 Å². The number of aromatic amines is 1. The third-order valence-electron chi connectivity index (χ3n) is 6.62. The summed E-state index contributed by atoms with van der Waals surface area (Å²) in [5, 5.41) is 23.4. The van der Waals surface area contributed by atoms with Crippen molar-refractivity contribution in [3.05, 3.63) is 54.1 Å². The van der Waals surface area contributed by atoms with Crippen molar-refractivity contribution in [1.82, 2.24) is 31.0 Å². The lowest BCUT2D eigenvalue weighted by molar-refractivity contribution is -0.141. The van der Waals surface area contributed by atoms with Crippen molar-refractivity contribution in [1.29, 1.82) is 0 Å². The van der Waals surface area contributed by atoms with Gasteiger partial charge in [-0.15, -0.1) is 10.2 Å². The van der Waals surface area contributed by atoms with Crippen LogP contribution in [0.2, 0.25) is 0 Å². The molecule has 10 heteroatoms. The highest BCUT2D eigenvalue weighted by molar-refractivity contribution is 6.00. The number of tetrazole rings is 1. The second-order valence-corrected chi connectivity index (χ2v) is 10.1. The highest BCUT2D eigenvalue weighted by atomic mass is 16.5. The lowest BCUT2D eigenvalue weighted by Crippen LogP contribution is -2.35. The SMILES string of the molecule is CCCCC(=O)N(CCCC(=O)C(CC(C)C)C(=O)NO)Cc1ccc(-c2ccccc2-c2nn[nH]n2)cc1. The smallest absolute Gasteiger partial charge is 0.253 e. The molecule has 208 valence electrons. The minimum atomic E-state index is -0.887. The van der Waals surface area contributed by atoms with E-state index in [-0.39, 0.29) is 24.0 Å². The summed E-state index contributed by atoms with van der Waals surface area (Å²) in [6.45, 7) is 6.73. The van der Waals surface area contributed by atoms with Crippen molar-refractivity contribution < 1.29 is 19.6 Å². The van der Waals surface area contributed by atoms with E-state index in [0.717, 1.165) is 35.1 Å². The molecule has 0 aliphatic carbocycles. The van der Waals surface area contributed by atoms with Crippen molar-refractivity contribution in [2.75, 3.05) is 6.54 Å². The van der Waals surface area contributed by atoms with E-state index in [1.54, 1.807) is 10.4 Å². The molecule has 0 bridgehead atoms. The Kier molecular flexibility index (Phi) is 11.3. The summed E-state index contributed by atoms with van der Waals surface area (Å²) in [5.74, 6) is -1.09. The van der Waals surface area contributed by atoms with Crippen LogP contribution in [-0.4, -0.2) is 54.9 Å². The zero-order valence-corrected chi connectivity index (χ0v) is 22.9. The van der Waals surface area contributed by atoms with Gasteiger partial charge in [0.2, 0.25) is 11.7 Å². The highest BCUT2D eigenvalue weighted by Crippen LogP contribution is 2.30. The number of nitrogens with one attached hydrogen (secondary N) is 2. The Morgan fingerprint density at radius 3 is 2.33 bits per heavy atom. The quantitative estimate of drug-likeness (QED) is 0.147. The molecule has 0 radical (unpaired) electrons. The lowest BCUT2D eigenvalue weighted by Gasteiger charge is -2.24. The standard InChI is InChI=1S/C29H38N6O4/c1-4-5-12-27(37)35(17-8-11-26(36)25(18-20(2)3)29(38)32-39)19-21-13-15-22(16-14-21)23-9-6-7-10-24(23)28-30-33-34-31-28/h6-7,9-10,13-16,20,25,39H,4-5,8,11-12,17-19H2,1-3H3,(H,32,38)(H,30,31,33,34). The number of carbonyl (C=O) groups excluding carboxylic acids is 3. The molecule has 3 aromatic rings. The number of carbonyl (C=O) groups is 3. The van der Waals surface area contributed by atoms with Crippen LogP contribution in [-0.2, 0) is 20.9 Å². The molecule has 2 aromatic carbocycles. The second-order valence-electron chi connectivity index (χ2n) is 10.1. The van der Waals surface area contributed by atoms with Gasteiger partial charge >= 0.3 is 0 Å². The van der Waals surface area contributed by atoms with Crippen molar-refractivity contribution in [3.63, 3.8) is 0 Å². The van der Waals surface area contributed by atoms with Crippen LogP contribution >= 0.6 is 0 Å². The molecular weight excluding hydrogens is 496 g/mol. The number of Topliss-reactive ketones (excluding diaryl/α,β-unsaturated/α-hetero) is 1. The molecule has 1 aromatic heterocycles. The van der Waals surface area contributed by atoms with Gasteiger partial charge in [0.25, 0.3) is 5.91 Å². The van der Waals surface area contributed by atoms with Crippen molar-refractivity contribution in [2.45, 2.75) is 65.8 Å². The van der Waals surface area contributed by atoms with Gasteiger partial charge in [-0.05, 0) is 47.1 Å². The van der Waals surface area contributed by atoms with E-state index < -0.39 is 11.8 Å². The summed E-state index contributed by atoms with van der Waals surface area (Å²) in [5.41, 5.74) is 5.43. The van der Waals surface area contributed by atoms with Gasteiger partial charge in [-0.2, -0.15) is 5.21 Å². The van der Waals surface area contributed by atoms with E-state index in [0.29, 0.717) is 38.2 Å². The van der Waals surface area contributed by atoms with E-state index in [4.69, 9.17) is 5.21 Å². The number of aromatic nitrogens is 4. The minimum absolute atomic E-state index is 0.0441. The second kappa shape index (κ2) is 14.9. The van der Waals surface area contributed by atoms with Gasteiger partial charge in [0.15, 0.2) is 0 Å². The first-order valence-corrected chi connectivity index (χ1v) is 13.5. The maximum atomic E-state index is 13.0. The molecule has 0 saturated heterocycles. The Morgan fingerprint density at radius 1 is 1.00 bits per heavy atom. The average Bonchev–Trinajstić information content (AvgIpc) is 3.49. The first kappa shape index (κ1) is 29.6. The molecule has 1 heterocycles. The third-order valence-corrected chi connectivity index (χ3v) is 6.62. The molecule has 39 heavy (non-hydrogen) atoms. The summed E-state index contributed by atoms with van der Waals surface area (Å²) < 4.78 is 0. The van der Waals surface area contributed by atoms with Crippen molar-refractivity contribution >= 4 is 17.6 Å². The number of rotatable bonds is 15. The molecule has 2 amide bonds. The first-order valence-electron chi connectivity index (χ1n) is 13.5. The van der Waals surface area contributed by atoms with Crippen LogP contribution in [0.1, 0.15) is 64.9 Å². The van der Waals surface area contributed by atoms with Gasteiger partial charge in [-0.1, -0.05) is 75.7 Å². The number of ketones is 1. The van der Waals surface area contributed by atoms with Gasteiger partial charge in [0.05, 0.1) is 5.92 Å². The summed E-state index contributed by atoms with van der Waals surface area (Å²) >= 11 is 0. The van der Waals surface area contributed by atoms with Gasteiger partial charge < -0.3 is 4.90 Å². The number of hydrogen-bond acceptors (Lipinski definition) is 7. The fraction of sp³-hybridized carbons (Fsp3) is 0.448. The van der Waals surface area contributed by atoms with E-state index in [1.807, 2.05) is 69.3 Å². The predicted octanol–water partition coefficient (Wildman–Crippen LogP) is 4.57. The van der Waals surface area contributed by atoms with E-state index in [2.05, 4.69) is 20.6 Å². The molecule has 1 unspecified atom stereocenters. The average molecular weight is 535 g/mol. The summed E-state index contributed by atoms with van der Waals surface area (Å²) in [6.07, 6.45) is 3.14. The third kappa shape index (κ3) is 8.54. The summed E-state index contributed by atoms with van der Waals surface area (Å²) in [4.78, 5) is 39.6. The normalized spacial score (nSPS) is 11.8. The number of benzene rings is 2. The molecule has 1 atom stereocenters. The van der Waals surface area contributed by atoms with Crippen molar-refractivity contribution in [3.8, 4) is 22.5 Å². The maximum absolute atomic E-state index is 13.0. The van der Waals surface area contributed by atoms with Crippen LogP contribution in [0.5, 0.6) is 0 Å².